The van der Waals surface area contributed by atoms with Gasteiger partial charge in [-0.05, 0) is 18.2 Å². The summed E-state index contributed by atoms with van der Waals surface area (Å²) in [6, 6.07) is 3.23. The van der Waals surface area contributed by atoms with E-state index >= 15 is 0 Å². The molecule has 5 atom stereocenters. The second-order valence-electron chi connectivity index (χ2n) is 4.64. The predicted octanol–water partition coefficient (Wildman–Crippen LogP) is -1.70. The zero-order valence-corrected chi connectivity index (χ0v) is 11.2. The van der Waals surface area contributed by atoms with E-state index in [1.807, 2.05) is 0 Å². The Kier molecular flexibility index (Phi) is 4.93. The molecule has 0 radical (unpaired) electrons. The van der Waals surface area contributed by atoms with E-state index in [9.17, 15) is 24.9 Å². The summed E-state index contributed by atoms with van der Waals surface area (Å²) in [6.45, 7) is 0. The zero-order chi connectivity index (χ0) is 16.3. The molecule has 0 spiro atoms. The number of ether oxygens (including phenoxy) is 1. The standard InChI is InChI=1S/C13H15NO8/c15-7(4-3-6-2-1-5-21-6)14-12-10(18)8(16)9(17)11(22-12)13(19)20/h1-5,8-12,16-18H,(H,14,15)(H,19,20)/b4-3+/t8?,9-,10?,11?,12+/m0/s1. The van der Waals surface area contributed by atoms with Crippen molar-refractivity contribution in [2.75, 3.05) is 0 Å². The van der Waals surface area contributed by atoms with Crippen molar-refractivity contribution in [1.82, 2.24) is 5.32 Å². The first kappa shape index (κ1) is 16.2. The van der Waals surface area contributed by atoms with E-state index in [0.29, 0.717) is 5.76 Å². The van der Waals surface area contributed by atoms with Crippen LogP contribution in [0.3, 0.4) is 0 Å². The number of rotatable bonds is 4. The fourth-order valence-electron chi connectivity index (χ4n) is 1.94. The molecule has 1 aliphatic heterocycles. The minimum absolute atomic E-state index is 0.416. The Balaban J connectivity index is 2.01. The molecule has 5 N–H and O–H groups in total. The smallest absolute Gasteiger partial charge is 0.335 e. The number of furan rings is 1. The highest BCUT2D eigenvalue weighted by molar-refractivity contribution is 5.91. The Morgan fingerprint density at radius 2 is 1.91 bits per heavy atom. The molecule has 120 valence electrons. The van der Waals surface area contributed by atoms with Crippen LogP contribution in [0.4, 0.5) is 0 Å². The first-order valence-electron chi connectivity index (χ1n) is 6.34. The van der Waals surface area contributed by atoms with Crippen LogP contribution in [0.2, 0.25) is 0 Å². The third kappa shape index (κ3) is 3.52. The molecular weight excluding hydrogens is 298 g/mol. The monoisotopic (exact) mass is 313 g/mol. The number of carbonyl (C=O) groups is 2. The molecule has 9 nitrogen and oxygen atoms in total. The molecule has 22 heavy (non-hydrogen) atoms. The van der Waals surface area contributed by atoms with Crippen LogP contribution < -0.4 is 5.32 Å². The molecule has 2 rings (SSSR count). The molecule has 3 unspecified atom stereocenters. The normalized spacial score (nSPS) is 32.0. The van der Waals surface area contributed by atoms with Crippen LogP contribution in [0.25, 0.3) is 6.08 Å². The lowest BCUT2D eigenvalue weighted by atomic mass is 9.98. The Morgan fingerprint density at radius 1 is 1.18 bits per heavy atom. The van der Waals surface area contributed by atoms with Crippen LogP contribution in [0.1, 0.15) is 5.76 Å². The van der Waals surface area contributed by atoms with Gasteiger partial charge in [-0.3, -0.25) is 4.79 Å². The Bertz CT molecular complexity index is 554. The number of hydrogen-bond acceptors (Lipinski definition) is 7. The van der Waals surface area contributed by atoms with Crippen LogP contribution in [0.15, 0.2) is 28.9 Å². The number of hydrogen-bond donors (Lipinski definition) is 5. The van der Waals surface area contributed by atoms with E-state index in [1.54, 1.807) is 12.1 Å². The Labute approximate surface area is 124 Å². The van der Waals surface area contributed by atoms with Gasteiger partial charge in [0.1, 0.15) is 24.1 Å². The summed E-state index contributed by atoms with van der Waals surface area (Å²) in [6.07, 6.45) is -4.64. The molecule has 0 aliphatic carbocycles. The van der Waals surface area contributed by atoms with E-state index in [2.05, 4.69) is 5.32 Å². The lowest BCUT2D eigenvalue weighted by molar-refractivity contribution is -0.233. The Morgan fingerprint density at radius 3 is 2.50 bits per heavy atom. The van der Waals surface area contributed by atoms with Crippen molar-refractivity contribution in [2.24, 2.45) is 0 Å². The van der Waals surface area contributed by atoms with Gasteiger partial charge in [0.15, 0.2) is 12.3 Å². The molecule has 0 saturated carbocycles. The van der Waals surface area contributed by atoms with Gasteiger partial charge in [0.25, 0.3) is 0 Å². The molecule has 1 saturated heterocycles. The minimum Gasteiger partial charge on any atom is -0.479 e. The van der Waals surface area contributed by atoms with Crippen molar-refractivity contribution in [3.05, 3.63) is 30.2 Å². The quantitative estimate of drug-likeness (QED) is 0.413. The lowest BCUT2D eigenvalue weighted by Gasteiger charge is -2.38. The molecule has 1 amide bonds. The minimum atomic E-state index is -1.81. The van der Waals surface area contributed by atoms with E-state index in [1.165, 1.54) is 12.3 Å². The van der Waals surface area contributed by atoms with Gasteiger partial charge in [0, 0.05) is 6.08 Å². The fraction of sp³-hybridized carbons (Fsp3) is 0.385. The third-order valence-corrected chi connectivity index (χ3v) is 3.08. The number of carboxylic acid groups (broad SMARTS) is 1. The highest BCUT2D eigenvalue weighted by Gasteiger charge is 2.47. The molecule has 2 heterocycles. The van der Waals surface area contributed by atoms with Gasteiger partial charge >= 0.3 is 5.97 Å². The fourth-order valence-corrected chi connectivity index (χ4v) is 1.94. The van der Waals surface area contributed by atoms with Crippen molar-refractivity contribution < 1.29 is 39.2 Å². The van der Waals surface area contributed by atoms with Gasteiger partial charge in [0.05, 0.1) is 6.26 Å². The van der Waals surface area contributed by atoms with E-state index in [0.717, 1.165) is 6.08 Å². The van der Waals surface area contributed by atoms with Crippen LogP contribution in [-0.2, 0) is 14.3 Å². The van der Waals surface area contributed by atoms with Crippen molar-refractivity contribution in [1.29, 1.82) is 0 Å². The molecule has 0 bridgehead atoms. The van der Waals surface area contributed by atoms with E-state index < -0.39 is 42.5 Å². The molecule has 9 heteroatoms. The molecule has 1 fully saturated rings. The Hall–Kier alpha value is -2.20. The van der Waals surface area contributed by atoms with Crippen LogP contribution in [0.5, 0.6) is 0 Å². The summed E-state index contributed by atoms with van der Waals surface area (Å²) in [7, 11) is 0. The molecule has 1 aromatic rings. The van der Waals surface area contributed by atoms with Gasteiger partial charge in [-0.2, -0.15) is 0 Å². The highest BCUT2D eigenvalue weighted by Crippen LogP contribution is 2.20. The summed E-state index contributed by atoms with van der Waals surface area (Å²) in [5.74, 6) is -1.81. The number of aliphatic carboxylic acids is 1. The van der Waals surface area contributed by atoms with Crippen LogP contribution >= 0.6 is 0 Å². The molecular formula is C13H15NO8. The second kappa shape index (κ2) is 6.71. The average Bonchev–Trinajstić information content (AvgIpc) is 2.98. The topological polar surface area (TPSA) is 149 Å². The van der Waals surface area contributed by atoms with Gasteiger partial charge in [-0.1, -0.05) is 0 Å². The van der Waals surface area contributed by atoms with E-state index in [-0.39, 0.29) is 0 Å². The van der Waals surface area contributed by atoms with Crippen LogP contribution in [-0.4, -0.2) is 62.9 Å². The molecule has 1 aromatic heterocycles. The third-order valence-electron chi connectivity index (χ3n) is 3.08. The SMILES string of the molecule is O=C(/C=C/c1ccco1)N[C@@H]1OC(C(=O)O)[C@@H](O)C(O)C1O. The average molecular weight is 313 g/mol. The largest absolute Gasteiger partial charge is 0.479 e. The van der Waals surface area contributed by atoms with Gasteiger partial charge < -0.3 is 34.9 Å². The predicted molar refractivity (Wildman–Crippen MR) is 70.2 cm³/mol. The first-order chi connectivity index (χ1) is 10.4. The highest BCUT2D eigenvalue weighted by atomic mass is 16.6. The maximum absolute atomic E-state index is 11.7. The maximum atomic E-state index is 11.7. The van der Waals surface area contributed by atoms with Crippen molar-refractivity contribution in [3.8, 4) is 0 Å². The zero-order valence-electron chi connectivity index (χ0n) is 11.2. The number of amides is 1. The number of aliphatic hydroxyl groups is 3. The summed E-state index contributed by atoms with van der Waals surface area (Å²) in [5.41, 5.74) is 0. The van der Waals surface area contributed by atoms with Crippen molar-refractivity contribution >= 4 is 18.0 Å². The van der Waals surface area contributed by atoms with Crippen molar-refractivity contribution in [3.63, 3.8) is 0 Å². The number of carbonyl (C=O) groups excluding carboxylic acids is 1. The van der Waals surface area contributed by atoms with E-state index in [4.69, 9.17) is 14.3 Å². The van der Waals surface area contributed by atoms with Crippen molar-refractivity contribution in [2.45, 2.75) is 30.6 Å². The molecule has 0 aromatic carbocycles. The van der Waals surface area contributed by atoms with Gasteiger partial charge in [0.2, 0.25) is 5.91 Å². The maximum Gasteiger partial charge on any atom is 0.335 e. The summed E-state index contributed by atoms with van der Waals surface area (Å²) >= 11 is 0. The number of carboxylic acids is 1. The molecule has 1 aliphatic rings. The first-order valence-corrected chi connectivity index (χ1v) is 6.34. The second-order valence-corrected chi connectivity index (χ2v) is 4.64. The number of nitrogens with one attached hydrogen (secondary N) is 1. The lowest BCUT2D eigenvalue weighted by Crippen LogP contribution is -2.64. The summed E-state index contributed by atoms with van der Waals surface area (Å²) in [5, 5.41) is 39.9. The summed E-state index contributed by atoms with van der Waals surface area (Å²) in [4.78, 5) is 22.6. The summed E-state index contributed by atoms with van der Waals surface area (Å²) < 4.78 is 9.88. The van der Waals surface area contributed by atoms with Crippen LogP contribution in [0, 0.1) is 0 Å². The van der Waals surface area contributed by atoms with Gasteiger partial charge in [-0.25, -0.2) is 4.79 Å². The number of aliphatic hydroxyl groups excluding tert-OH is 3. The van der Waals surface area contributed by atoms with Gasteiger partial charge in [-0.15, -0.1) is 0 Å².